The number of halogens is 1. The van der Waals surface area contributed by atoms with Crippen molar-refractivity contribution < 1.29 is 28.8 Å². The van der Waals surface area contributed by atoms with Crippen molar-refractivity contribution in [1.82, 2.24) is 20.7 Å². The average Bonchev–Trinajstić information content (AvgIpc) is 3.29. The van der Waals surface area contributed by atoms with Gasteiger partial charge in [-0.15, -0.1) is 0 Å². The minimum absolute atomic E-state index is 0.154. The molecule has 1 aliphatic rings. The third-order valence-corrected chi connectivity index (χ3v) is 6.23. The number of urea groups is 1. The SMILES string of the molecule is CC[C@@H](NC(=O)N1CC(=NOc2ccccc2)NC[C@@H](Cc2cc(Cl)ccc2OC)C1=O)c1cc(O)no1. The number of carbonyl (C=O) groups excluding carboxylic acids is 2. The van der Waals surface area contributed by atoms with Gasteiger partial charge in [0.15, 0.2) is 17.3 Å². The number of methoxy groups -OCH3 is 1. The number of benzene rings is 2. The van der Waals surface area contributed by atoms with E-state index in [1.807, 2.05) is 13.0 Å². The second-order valence-corrected chi connectivity index (χ2v) is 9.04. The van der Waals surface area contributed by atoms with Gasteiger partial charge in [-0.2, -0.15) is 0 Å². The summed E-state index contributed by atoms with van der Waals surface area (Å²) in [6.45, 7) is 1.87. The van der Waals surface area contributed by atoms with E-state index in [0.717, 1.165) is 10.5 Å². The van der Waals surface area contributed by atoms with E-state index >= 15 is 0 Å². The van der Waals surface area contributed by atoms with Crippen molar-refractivity contribution in [2.24, 2.45) is 11.1 Å². The second kappa shape index (κ2) is 12.3. The van der Waals surface area contributed by atoms with Gasteiger partial charge in [-0.25, -0.2) is 4.79 Å². The third kappa shape index (κ3) is 6.54. The molecule has 2 aromatic carbocycles. The van der Waals surface area contributed by atoms with Gasteiger partial charge in [0.05, 0.1) is 25.6 Å². The number of ether oxygens (including phenoxy) is 1. The number of hydrogen-bond donors (Lipinski definition) is 3. The molecule has 1 saturated heterocycles. The minimum Gasteiger partial charge on any atom is -0.496 e. The van der Waals surface area contributed by atoms with Crippen molar-refractivity contribution in [3.05, 3.63) is 70.9 Å². The maximum atomic E-state index is 13.7. The van der Waals surface area contributed by atoms with E-state index < -0.39 is 23.9 Å². The van der Waals surface area contributed by atoms with Gasteiger partial charge in [-0.05, 0) is 53.9 Å². The second-order valence-electron chi connectivity index (χ2n) is 8.60. The number of para-hydroxylation sites is 1. The van der Waals surface area contributed by atoms with Crippen LogP contribution in [0.1, 0.15) is 30.7 Å². The number of nitrogens with zero attached hydrogens (tertiary/aromatic N) is 3. The van der Waals surface area contributed by atoms with Gasteiger partial charge < -0.3 is 29.8 Å². The molecule has 1 aromatic heterocycles. The molecule has 12 heteroatoms. The molecule has 0 spiro atoms. The molecular formula is C26H28ClN5O6. The lowest BCUT2D eigenvalue weighted by Crippen LogP contribution is -2.48. The van der Waals surface area contributed by atoms with Gasteiger partial charge in [-0.1, -0.05) is 41.9 Å². The molecule has 2 atom stereocenters. The van der Waals surface area contributed by atoms with E-state index in [0.29, 0.717) is 28.8 Å². The molecule has 1 aliphatic heterocycles. The van der Waals surface area contributed by atoms with Gasteiger partial charge in [-0.3, -0.25) is 9.69 Å². The van der Waals surface area contributed by atoms with Crippen LogP contribution in [0.2, 0.25) is 5.02 Å². The van der Waals surface area contributed by atoms with Crippen LogP contribution in [0.5, 0.6) is 17.4 Å². The lowest BCUT2D eigenvalue weighted by atomic mass is 9.97. The first-order chi connectivity index (χ1) is 18.4. The molecule has 0 bridgehead atoms. The van der Waals surface area contributed by atoms with Crippen LogP contribution in [0.25, 0.3) is 0 Å². The number of amidine groups is 1. The maximum Gasteiger partial charge on any atom is 0.325 e. The predicted molar refractivity (Wildman–Crippen MR) is 139 cm³/mol. The van der Waals surface area contributed by atoms with Crippen LogP contribution in [0.4, 0.5) is 4.79 Å². The summed E-state index contributed by atoms with van der Waals surface area (Å²) in [7, 11) is 1.54. The minimum atomic E-state index is -0.656. The first-order valence-corrected chi connectivity index (χ1v) is 12.4. The van der Waals surface area contributed by atoms with Crippen LogP contribution >= 0.6 is 11.6 Å². The van der Waals surface area contributed by atoms with Crippen molar-refractivity contribution in [3.8, 4) is 17.4 Å². The molecule has 0 radical (unpaired) electrons. The molecule has 4 rings (SSSR count). The molecule has 1 fully saturated rings. The summed E-state index contributed by atoms with van der Waals surface area (Å²) in [4.78, 5) is 33.7. The lowest BCUT2D eigenvalue weighted by Gasteiger charge is -2.24. The molecule has 3 aromatic rings. The third-order valence-electron chi connectivity index (χ3n) is 6.00. The fourth-order valence-electron chi connectivity index (χ4n) is 4.03. The molecule has 0 unspecified atom stereocenters. The molecule has 2 heterocycles. The average molecular weight is 542 g/mol. The Hall–Kier alpha value is -4.25. The normalized spacial score (nSPS) is 17.4. The zero-order valence-corrected chi connectivity index (χ0v) is 21.6. The number of nitrogens with one attached hydrogen (secondary N) is 2. The topological polar surface area (TPSA) is 139 Å². The van der Waals surface area contributed by atoms with Gasteiger partial charge in [0.1, 0.15) is 5.75 Å². The quantitative estimate of drug-likeness (QED) is 0.365. The van der Waals surface area contributed by atoms with E-state index in [9.17, 15) is 14.7 Å². The van der Waals surface area contributed by atoms with Crippen molar-refractivity contribution in [1.29, 1.82) is 0 Å². The summed E-state index contributed by atoms with van der Waals surface area (Å²) in [5.41, 5.74) is 0.727. The Kier molecular flexibility index (Phi) is 8.70. The number of carbonyl (C=O) groups is 2. The van der Waals surface area contributed by atoms with Crippen molar-refractivity contribution in [3.63, 3.8) is 0 Å². The van der Waals surface area contributed by atoms with Crippen LogP contribution in [0.3, 0.4) is 0 Å². The van der Waals surface area contributed by atoms with Crippen molar-refractivity contribution in [2.75, 3.05) is 20.2 Å². The highest BCUT2D eigenvalue weighted by Gasteiger charge is 2.35. The highest BCUT2D eigenvalue weighted by atomic mass is 35.5. The standard InChI is InChI=1S/C26H28ClN5O6/c1-3-20(22-13-24(33)31-38-22)29-26(35)32-15-23(30-37-19-7-5-4-6-8-19)28-14-17(25(32)34)11-16-12-18(27)9-10-21(16)36-2/h4-10,12-13,17,20H,3,11,14-15H2,1-2H3,(H,28,30)(H,29,35)(H,31,33)/t17-,20-/m1/s1. The first kappa shape index (κ1) is 26.8. The van der Waals surface area contributed by atoms with Crippen LogP contribution in [-0.4, -0.2) is 53.1 Å². The van der Waals surface area contributed by atoms with E-state index in [4.69, 9.17) is 25.7 Å². The van der Waals surface area contributed by atoms with E-state index in [1.54, 1.807) is 42.5 Å². The maximum absolute atomic E-state index is 13.7. The summed E-state index contributed by atoms with van der Waals surface area (Å²) >= 11 is 6.20. The van der Waals surface area contributed by atoms with Crippen LogP contribution in [0, 0.1) is 5.92 Å². The van der Waals surface area contributed by atoms with E-state index in [1.165, 1.54) is 13.2 Å². The number of amides is 3. The van der Waals surface area contributed by atoms with E-state index in [-0.39, 0.29) is 31.2 Å². The largest absolute Gasteiger partial charge is 0.496 e. The molecule has 38 heavy (non-hydrogen) atoms. The monoisotopic (exact) mass is 541 g/mol. The Labute approximate surface area is 224 Å². The number of aromatic nitrogens is 1. The highest BCUT2D eigenvalue weighted by Crippen LogP contribution is 2.27. The molecule has 3 N–H and O–H groups in total. The zero-order valence-electron chi connectivity index (χ0n) is 20.9. The van der Waals surface area contributed by atoms with Crippen molar-refractivity contribution >= 4 is 29.4 Å². The van der Waals surface area contributed by atoms with Crippen molar-refractivity contribution in [2.45, 2.75) is 25.8 Å². The van der Waals surface area contributed by atoms with Crippen LogP contribution < -0.4 is 20.2 Å². The number of aromatic hydroxyl groups is 1. The molecule has 0 saturated carbocycles. The van der Waals surface area contributed by atoms with Gasteiger partial charge in [0.2, 0.25) is 5.91 Å². The Morgan fingerprint density at radius 3 is 2.79 bits per heavy atom. The number of rotatable bonds is 8. The van der Waals surface area contributed by atoms with E-state index in [2.05, 4.69) is 20.9 Å². The summed E-state index contributed by atoms with van der Waals surface area (Å²) in [5, 5.41) is 23.6. The zero-order chi connectivity index (χ0) is 27.1. The van der Waals surface area contributed by atoms with Crippen LogP contribution in [0.15, 0.2) is 64.3 Å². The van der Waals surface area contributed by atoms with Gasteiger partial charge >= 0.3 is 6.03 Å². The Balaban J connectivity index is 1.60. The lowest BCUT2D eigenvalue weighted by molar-refractivity contribution is -0.131. The fourth-order valence-corrected chi connectivity index (χ4v) is 4.23. The molecule has 11 nitrogen and oxygen atoms in total. The summed E-state index contributed by atoms with van der Waals surface area (Å²) in [6.07, 6.45) is 0.696. The number of oxime groups is 1. The Morgan fingerprint density at radius 1 is 1.32 bits per heavy atom. The Bertz CT molecular complexity index is 1300. The Morgan fingerprint density at radius 2 is 2.11 bits per heavy atom. The molecule has 200 valence electrons. The first-order valence-electron chi connectivity index (χ1n) is 12.0. The summed E-state index contributed by atoms with van der Waals surface area (Å²) < 4.78 is 10.5. The number of hydrogen-bond acceptors (Lipinski definition) is 8. The van der Waals surface area contributed by atoms with Crippen LogP contribution in [-0.2, 0) is 11.2 Å². The number of imide groups is 1. The highest BCUT2D eigenvalue weighted by molar-refractivity contribution is 6.30. The predicted octanol–water partition coefficient (Wildman–Crippen LogP) is 3.89. The molecule has 3 amide bonds. The molecular weight excluding hydrogens is 514 g/mol. The van der Waals surface area contributed by atoms with Gasteiger partial charge in [0.25, 0.3) is 5.88 Å². The fraction of sp³-hybridized carbons (Fsp3) is 0.308. The summed E-state index contributed by atoms with van der Waals surface area (Å²) in [6, 6.07) is 14.2. The molecule has 0 aliphatic carbocycles. The summed E-state index contributed by atoms with van der Waals surface area (Å²) in [5.74, 6) is 0.281. The smallest absolute Gasteiger partial charge is 0.325 e. The van der Waals surface area contributed by atoms with Gasteiger partial charge in [0, 0.05) is 17.6 Å².